The lowest BCUT2D eigenvalue weighted by atomic mass is 9.82. The molecule has 0 aliphatic heterocycles. The van der Waals surface area contributed by atoms with Crippen molar-refractivity contribution in [1.29, 1.82) is 0 Å². The third-order valence-electron chi connectivity index (χ3n) is 4.47. The Morgan fingerprint density at radius 2 is 2.18 bits per heavy atom. The van der Waals surface area contributed by atoms with Crippen molar-refractivity contribution in [2.75, 3.05) is 0 Å². The van der Waals surface area contributed by atoms with E-state index >= 15 is 0 Å². The molecule has 1 aromatic heterocycles. The molecule has 0 fully saturated rings. The van der Waals surface area contributed by atoms with Crippen molar-refractivity contribution >= 4 is 17.7 Å². The van der Waals surface area contributed by atoms with E-state index in [2.05, 4.69) is 73.3 Å². The summed E-state index contributed by atoms with van der Waals surface area (Å²) >= 11 is 0. The molecule has 0 N–H and O–H groups in total. The topological polar surface area (TPSA) is 25.8 Å². The zero-order valence-electron chi connectivity index (χ0n) is 13.7. The van der Waals surface area contributed by atoms with Crippen LogP contribution in [0.3, 0.4) is 0 Å². The minimum Gasteiger partial charge on any atom is -0.237 e. The molecule has 22 heavy (non-hydrogen) atoms. The first-order valence-electron chi connectivity index (χ1n) is 8.13. The Morgan fingerprint density at radius 3 is 3.00 bits per heavy atom. The SMILES string of the molecule is CC=CCC1CC=CC=C1c1ncnc2c1=CC(C)(C)CC=2. The van der Waals surface area contributed by atoms with Crippen LogP contribution in [0, 0.1) is 11.3 Å². The average molecular weight is 292 g/mol. The number of hydrogen-bond acceptors (Lipinski definition) is 2. The number of allylic oxidation sites excluding steroid dienone is 6. The molecule has 3 rings (SSSR count). The predicted octanol–water partition coefficient (Wildman–Crippen LogP) is 3.39. The van der Waals surface area contributed by atoms with Crippen LogP contribution < -0.4 is 10.6 Å². The van der Waals surface area contributed by atoms with Crippen LogP contribution in [0.5, 0.6) is 0 Å². The van der Waals surface area contributed by atoms with Crippen LogP contribution in [-0.2, 0) is 0 Å². The van der Waals surface area contributed by atoms with Gasteiger partial charge in [0.05, 0.1) is 11.0 Å². The summed E-state index contributed by atoms with van der Waals surface area (Å²) in [7, 11) is 0. The quantitative estimate of drug-likeness (QED) is 0.798. The van der Waals surface area contributed by atoms with Crippen molar-refractivity contribution in [3.63, 3.8) is 0 Å². The fraction of sp³-hybridized carbons (Fsp3) is 0.400. The van der Waals surface area contributed by atoms with Gasteiger partial charge in [-0.3, -0.25) is 0 Å². The summed E-state index contributed by atoms with van der Waals surface area (Å²) < 4.78 is 0. The highest BCUT2D eigenvalue weighted by molar-refractivity contribution is 5.69. The maximum atomic E-state index is 4.65. The number of hydrogen-bond donors (Lipinski definition) is 0. The van der Waals surface area contributed by atoms with Gasteiger partial charge in [-0.15, -0.1) is 0 Å². The lowest BCUT2D eigenvalue weighted by molar-refractivity contribution is 0.532. The number of fused-ring (bicyclic) bond motifs is 1. The molecule has 114 valence electrons. The second-order valence-corrected chi connectivity index (χ2v) is 6.85. The Labute approximate surface area is 132 Å². The summed E-state index contributed by atoms with van der Waals surface area (Å²) in [6.45, 7) is 6.63. The summed E-state index contributed by atoms with van der Waals surface area (Å²) in [5, 5.41) is 2.30. The van der Waals surface area contributed by atoms with Gasteiger partial charge >= 0.3 is 0 Å². The summed E-state index contributed by atoms with van der Waals surface area (Å²) in [6, 6.07) is 0. The molecule has 1 unspecified atom stereocenters. The molecule has 2 nitrogen and oxygen atoms in total. The highest BCUT2D eigenvalue weighted by atomic mass is 14.8. The summed E-state index contributed by atoms with van der Waals surface area (Å²) in [4.78, 5) is 9.12. The van der Waals surface area contributed by atoms with Gasteiger partial charge in [-0.05, 0) is 43.1 Å². The van der Waals surface area contributed by atoms with E-state index < -0.39 is 0 Å². The number of aromatic nitrogens is 2. The highest BCUT2D eigenvalue weighted by Gasteiger charge is 2.22. The molecule has 0 saturated heterocycles. The van der Waals surface area contributed by atoms with E-state index in [-0.39, 0.29) is 5.41 Å². The second-order valence-electron chi connectivity index (χ2n) is 6.85. The molecule has 1 atom stereocenters. The van der Waals surface area contributed by atoms with Crippen LogP contribution in [-0.4, -0.2) is 9.97 Å². The predicted molar refractivity (Wildman–Crippen MR) is 93.3 cm³/mol. The zero-order chi connectivity index (χ0) is 15.6. The molecule has 1 heterocycles. The van der Waals surface area contributed by atoms with Crippen LogP contribution >= 0.6 is 0 Å². The van der Waals surface area contributed by atoms with Crippen molar-refractivity contribution in [1.82, 2.24) is 9.97 Å². The molecule has 0 spiro atoms. The van der Waals surface area contributed by atoms with Crippen LogP contribution in [0.1, 0.15) is 45.7 Å². The van der Waals surface area contributed by atoms with Gasteiger partial charge in [-0.1, -0.05) is 56.4 Å². The van der Waals surface area contributed by atoms with Crippen LogP contribution in [0.25, 0.3) is 17.7 Å². The first-order chi connectivity index (χ1) is 10.6. The van der Waals surface area contributed by atoms with Crippen molar-refractivity contribution in [3.8, 4) is 0 Å². The van der Waals surface area contributed by atoms with Crippen LogP contribution in [0.4, 0.5) is 0 Å². The average Bonchev–Trinajstić information content (AvgIpc) is 2.52. The van der Waals surface area contributed by atoms with Crippen molar-refractivity contribution in [2.24, 2.45) is 11.3 Å². The van der Waals surface area contributed by atoms with E-state index in [4.69, 9.17) is 0 Å². The van der Waals surface area contributed by atoms with Crippen LogP contribution in [0.2, 0.25) is 0 Å². The zero-order valence-corrected chi connectivity index (χ0v) is 13.7. The molecule has 2 aliphatic carbocycles. The summed E-state index contributed by atoms with van der Waals surface area (Å²) in [6.07, 6.45) is 20.5. The van der Waals surface area contributed by atoms with Gasteiger partial charge in [0.15, 0.2) is 0 Å². The fourth-order valence-corrected chi connectivity index (χ4v) is 3.23. The minimum absolute atomic E-state index is 0.177. The fourth-order valence-electron chi connectivity index (χ4n) is 3.23. The largest absolute Gasteiger partial charge is 0.237 e. The summed E-state index contributed by atoms with van der Waals surface area (Å²) in [5.41, 5.74) is 2.64. The third kappa shape index (κ3) is 2.96. The van der Waals surface area contributed by atoms with E-state index in [1.165, 1.54) is 10.8 Å². The minimum atomic E-state index is 0.177. The third-order valence-corrected chi connectivity index (χ3v) is 4.47. The molecule has 0 aromatic carbocycles. The Hall–Kier alpha value is -1.96. The highest BCUT2D eigenvalue weighted by Crippen LogP contribution is 2.31. The van der Waals surface area contributed by atoms with Gasteiger partial charge in [0.2, 0.25) is 0 Å². The van der Waals surface area contributed by atoms with E-state index in [0.29, 0.717) is 5.92 Å². The monoisotopic (exact) mass is 292 g/mol. The Kier molecular flexibility index (Phi) is 4.10. The van der Waals surface area contributed by atoms with E-state index in [0.717, 1.165) is 30.3 Å². The second kappa shape index (κ2) is 6.04. The van der Waals surface area contributed by atoms with Gasteiger partial charge in [0.25, 0.3) is 0 Å². The maximum absolute atomic E-state index is 4.65. The van der Waals surface area contributed by atoms with Gasteiger partial charge in [0.1, 0.15) is 6.33 Å². The number of nitrogens with zero attached hydrogens (tertiary/aromatic N) is 2. The van der Waals surface area contributed by atoms with Gasteiger partial charge in [-0.2, -0.15) is 0 Å². The smallest absolute Gasteiger partial charge is 0.116 e. The normalized spacial score (nSPS) is 22.7. The standard InChI is InChI=1S/C20H24N2/c1-4-5-8-15-9-6-7-10-16(15)19-17-13-20(2,3)12-11-18(17)21-14-22-19/h4-7,10-11,13-15H,8-9,12H2,1-3H3. The molecule has 0 radical (unpaired) electrons. The molecule has 0 bridgehead atoms. The number of rotatable bonds is 3. The van der Waals surface area contributed by atoms with E-state index in [1.54, 1.807) is 6.33 Å². The Balaban J connectivity index is 2.13. The van der Waals surface area contributed by atoms with Gasteiger partial charge < -0.3 is 0 Å². The molecule has 0 saturated carbocycles. The Bertz CT molecular complexity index is 763. The lowest BCUT2D eigenvalue weighted by Crippen LogP contribution is -2.38. The molecular weight excluding hydrogens is 268 g/mol. The van der Waals surface area contributed by atoms with E-state index in [9.17, 15) is 0 Å². The summed E-state index contributed by atoms with van der Waals surface area (Å²) in [5.74, 6) is 0.513. The molecule has 2 aliphatic rings. The van der Waals surface area contributed by atoms with Crippen molar-refractivity contribution in [2.45, 2.75) is 40.0 Å². The first-order valence-corrected chi connectivity index (χ1v) is 8.13. The maximum Gasteiger partial charge on any atom is 0.116 e. The molecular formula is C20H24N2. The molecule has 1 aromatic rings. The first kappa shape index (κ1) is 15.0. The van der Waals surface area contributed by atoms with Gasteiger partial charge in [0, 0.05) is 5.22 Å². The van der Waals surface area contributed by atoms with Crippen LogP contribution in [0.15, 0.2) is 36.7 Å². The van der Waals surface area contributed by atoms with Crippen molar-refractivity contribution in [3.05, 3.63) is 53.0 Å². The molecule has 0 amide bonds. The molecule has 2 heteroatoms. The lowest BCUT2D eigenvalue weighted by Gasteiger charge is -2.24. The van der Waals surface area contributed by atoms with Crippen molar-refractivity contribution < 1.29 is 0 Å². The van der Waals surface area contributed by atoms with E-state index in [1.807, 2.05) is 0 Å². The Morgan fingerprint density at radius 1 is 1.32 bits per heavy atom. The van der Waals surface area contributed by atoms with Gasteiger partial charge in [-0.25, -0.2) is 9.97 Å².